The van der Waals surface area contributed by atoms with Gasteiger partial charge in [-0.05, 0) is 56.4 Å². The topological polar surface area (TPSA) is 112 Å². The lowest BCUT2D eigenvalue weighted by Gasteiger charge is -2.16. The van der Waals surface area contributed by atoms with E-state index in [1.165, 1.54) is 19.2 Å². The van der Waals surface area contributed by atoms with E-state index in [9.17, 15) is 19.5 Å². The summed E-state index contributed by atoms with van der Waals surface area (Å²) < 4.78 is 21.2. The zero-order valence-corrected chi connectivity index (χ0v) is 18.8. The van der Waals surface area contributed by atoms with Crippen LogP contribution < -0.4 is 4.74 Å². The van der Waals surface area contributed by atoms with E-state index < -0.39 is 11.9 Å². The third-order valence-corrected chi connectivity index (χ3v) is 5.25. The van der Waals surface area contributed by atoms with Gasteiger partial charge in [0, 0.05) is 18.9 Å². The van der Waals surface area contributed by atoms with Crippen LogP contribution in [0.2, 0.25) is 0 Å². The van der Waals surface area contributed by atoms with Gasteiger partial charge in [0.25, 0.3) is 0 Å². The summed E-state index contributed by atoms with van der Waals surface area (Å²) in [5.74, 6) is -0.524. The van der Waals surface area contributed by atoms with Gasteiger partial charge < -0.3 is 23.7 Å². The zero-order valence-electron chi connectivity index (χ0n) is 18.8. The summed E-state index contributed by atoms with van der Waals surface area (Å²) in [6.45, 7) is 1.77. The second-order valence-electron chi connectivity index (χ2n) is 7.89. The van der Waals surface area contributed by atoms with Gasteiger partial charge in [0.2, 0.25) is 5.76 Å². The molecule has 0 saturated carbocycles. The molecule has 0 saturated heterocycles. The Balaban J connectivity index is 1.81. The Hall–Kier alpha value is -3.55. The summed E-state index contributed by atoms with van der Waals surface area (Å²) >= 11 is 0. The number of carbonyl (C=O) groups excluding carboxylic acids is 3. The third-order valence-electron chi connectivity index (χ3n) is 5.25. The number of allylic oxidation sites excluding steroid dienone is 1. The number of benzene rings is 1. The van der Waals surface area contributed by atoms with Crippen molar-refractivity contribution < 1.29 is 38.1 Å². The SMILES string of the molecule is COC(=O)c1ccc(COc2cc(O)c3c(c2)/C=C/CCCC(=O)CCC[C@@H](C)OC3=O)o1. The van der Waals surface area contributed by atoms with E-state index >= 15 is 0 Å². The van der Waals surface area contributed by atoms with E-state index in [4.69, 9.17) is 13.9 Å². The van der Waals surface area contributed by atoms with Crippen LogP contribution in [0, 0.1) is 0 Å². The van der Waals surface area contributed by atoms with Gasteiger partial charge in [-0.1, -0.05) is 12.2 Å². The number of phenolic OH excluding ortho intramolecular Hbond substituents is 1. The van der Waals surface area contributed by atoms with Crippen molar-refractivity contribution in [2.75, 3.05) is 7.11 Å². The average molecular weight is 456 g/mol. The molecule has 1 aromatic carbocycles. The van der Waals surface area contributed by atoms with Gasteiger partial charge in [0.05, 0.1) is 13.2 Å². The molecule has 2 aromatic rings. The summed E-state index contributed by atoms with van der Waals surface area (Å²) in [6, 6.07) is 6.03. The van der Waals surface area contributed by atoms with E-state index in [1.54, 1.807) is 25.1 Å². The molecular weight excluding hydrogens is 428 g/mol. The molecule has 2 heterocycles. The number of methoxy groups -OCH3 is 1. The minimum Gasteiger partial charge on any atom is -0.507 e. The lowest BCUT2D eigenvalue weighted by Crippen LogP contribution is -2.17. The maximum Gasteiger partial charge on any atom is 0.373 e. The number of esters is 2. The molecule has 1 atom stereocenters. The smallest absolute Gasteiger partial charge is 0.373 e. The quantitative estimate of drug-likeness (QED) is 0.651. The van der Waals surface area contributed by atoms with Crippen LogP contribution in [0.25, 0.3) is 6.08 Å². The van der Waals surface area contributed by atoms with Crippen molar-refractivity contribution in [2.45, 2.75) is 58.2 Å². The molecule has 1 aliphatic heterocycles. The maximum atomic E-state index is 12.8. The number of hydrogen-bond donors (Lipinski definition) is 1. The fourth-order valence-electron chi connectivity index (χ4n) is 3.52. The van der Waals surface area contributed by atoms with Crippen LogP contribution in [0.15, 0.2) is 34.8 Å². The number of phenols is 1. The number of ketones is 1. The fraction of sp³-hybridized carbons (Fsp3) is 0.400. The predicted octanol–water partition coefficient (Wildman–Crippen LogP) is 4.83. The monoisotopic (exact) mass is 456 g/mol. The molecule has 33 heavy (non-hydrogen) atoms. The molecule has 176 valence electrons. The van der Waals surface area contributed by atoms with Crippen LogP contribution in [-0.4, -0.2) is 36.0 Å². The Morgan fingerprint density at radius 1 is 1.18 bits per heavy atom. The molecule has 3 rings (SSSR count). The van der Waals surface area contributed by atoms with Crippen molar-refractivity contribution in [3.63, 3.8) is 0 Å². The van der Waals surface area contributed by atoms with Crippen molar-refractivity contribution in [1.29, 1.82) is 0 Å². The first-order valence-corrected chi connectivity index (χ1v) is 10.9. The second-order valence-corrected chi connectivity index (χ2v) is 7.89. The lowest BCUT2D eigenvalue weighted by atomic mass is 10.0. The number of hydrogen-bond acceptors (Lipinski definition) is 8. The van der Waals surface area contributed by atoms with Crippen LogP contribution in [0.1, 0.15) is 77.7 Å². The average Bonchev–Trinajstić information content (AvgIpc) is 3.25. The standard InChI is InChI=1S/C25H28O8/c1-16-7-6-10-18(26)9-5-3-4-8-17-13-20(14-21(27)23(17)25(29)32-16)31-15-19-11-12-22(33-19)24(28)30-2/h4,8,11-14,16,27H,3,5-7,9-10,15H2,1-2H3/b8-4+/t16-/m1/s1. The Bertz CT molecular complexity index is 1030. The Morgan fingerprint density at radius 3 is 2.76 bits per heavy atom. The molecule has 0 fully saturated rings. The van der Waals surface area contributed by atoms with Gasteiger partial charge >= 0.3 is 11.9 Å². The summed E-state index contributed by atoms with van der Waals surface area (Å²) in [7, 11) is 1.26. The van der Waals surface area contributed by atoms with Crippen LogP contribution in [0.3, 0.4) is 0 Å². The molecule has 1 aromatic heterocycles. The first-order valence-electron chi connectivity index (χ1n) is 10.9. The molecule has 0 spiro atoms. The molecule has 1 aliphatic rings. The number of Topliss-reactive ketones (excluding diaryl/α,β-unsaturated/α-hetero) is 1. The highest BCUT2D eigenvalue weighted by atomic mass is 16.5. The van der Waals surface area contributed by atoms with E-state index in [2.05, 4.69) is 4.74 Å². The van der Waals surface area contributed by atoms with Crippen molar-refractivity contribution >= 4 is 23.8 Å². The molecule has 8 nitrogen and oxygen atoms in total. The van der Waals surface area contributed by atoms with Crippen LogP contribution >= 0.6 is 0 Å². The molecule has 0 bridgehead atoms. The summed E-state index contributed by atoms with van der Waals surface area (Å²) in [4.78, 5) is 36.2. The number of rotatable bonds is 4. The first-order chi connectivity index (χ1) is 15.9. The summed E-state index contributed by atoms with van der Waals surface area (Å²) in [5, 5.41) is 10.6. The minimum absolute atomic E-state index is 0.00251. The maximum absolute atomic E-state index is 12.8. The van der Waals surface area contributed by atoms with Crippen molar-refractivity contribution in [3.8, 4) is 11.5 Å². The first kappa shape index (κ1) is 24.1. The van der Waals surface area contributed by atoms with Gasteiger partial charge in [0.15, 0.2) is 0 Å². The lowest BCUT2D eigenvalue weighted by molar-refractivity contribution is -0.119. The fourth-order valence-corrected chi connectivity index (χ4v) is 3.52. The minimum atomic E-state index is -0.636. The highest BCUT2D eigenvalue weighted by Crippen LogP contribution is 2.31. The highest BCUT2D eigenvalue weighted by molar-refractivity contribution is 5.97. The number of furan rings is 1. The Morgan fingerprint density at radius 2 is 1.97 bits per heavy atom. The summed E-state index contributed by atoms with van der Waals surface area (Å²) in [6.07, 6.45) is 6.77. The zero-order chi connectivity index (χ0) is 23.8. The van der Waals surface area contributed by atoms with Gasteiger partial charge in [-0.3, -0.25) is 4.79 Å². The van der Waals surface area contributed by atoms with Gasteiger partial charge in [-0.15, -0.1) is 0 Å². The highest BCUT2D eigenvalue weighted by Gasteiger charge is 2.21. The molecule has 0 aliphatic carbocycles. The molecular formula is C25H28O8. The molecule has 0 radical (unpaired) electrons. The number of ether oxygens (including phenoxy) is 3. The van der Waals surface area contributed by atoms with Crippen molar-refractivity contribution in [2.24, 2.45) is 0 Å². The normalized spacial score (nSPS) is 18.5. The third kappa shape index (κ3) is 6.71. The van der Waals surface area contributed by atoms with E-state index in [0.29, 0.717) is 55.6 Å². The van der Waals surface area contributed by atoms with Crippen molar-refractivity contribution in [1.82, 2.24) is 0 Å². The molecule has 0 unspecified atom stereocenters. The van der Waals surface area contributed by atoms with E-state index in [1.807, 2.05) is 6.08 Å². The Kier molecular flexibility index (Phi) is 8.29. The van der Waals surface area contributed by atoms with Crippen molar-refractivity contribution in [3.05, 3.63) is 53.0 Å². The second kappa shape index (κ2) is 11.4. The van der Waals surface area contributed by atoms with E-state index in [0.717, 1.165) is 0 Å². The van der Waals surface area contributed by atoms with Crippen LogP contribution in [0.5, 0.6) is 11.5 Å². The number of fused-ring (bicyclic) bond motifs is 1. The number of cyclic esters (lactones) is 1. The largest absolute Gasteiger partial charge is 0.507 e. The van der Waals surface area contributed by atoms with E-state index in [-0.39, 0.29) is 35.6 Å². The van der Waals surface area contributed by atoms with Crippen LogP contribution in [-0.2, 0) is 20.9 Å². The Labute approximate surface area is 192 Å². The summed E-state index contributed by atoms with van der Waals surface area (Å²) in [5.41, 5.74) is 0.504. The molecule has 8 heteroatoms. The van der Waals surface area contributed by atoms with Crippen LogP contribution in [0.4, 0.5) is 0 Å². The molecule has 0 amide bonds. The number of aromatic hydroxyl groups is 1. The van der Waals surface area contributed by atoms with Gasteiger partial charge in [-0.2, -0.15) is 0 Å². The molecule has 1 N–H and O–H groups in total. The predicted molar refractivity (Wildman–Crippen MR) is 119 cm³/mol. The number of carbonyl (C=O) groups is 3. The van der Waals surface area contributed by atoms with Gasteiger partial charge in [0.1, 0.15) is 35.2 Å². The van der Waals surface area contributed by atoms with Gasteiger partial charge in [-0.25, -0.2) is 9.59 Å².